The van der Waals surface area contributed by atoms with Crippen LogP contribution in [0.25, 0.3) is 0 Å². The molecule has 128 valence electrons. The Hall–Kier alpha value is -2.94. The molecule has 1 amide bonds. The van der Waals surface area contributed by atoms with Crippen molar-refractivity contribution in [2.45, 2.75) is 32.6 Å². The number of nitriles is 1. The zero-order valence-electron chi connectivity index (χ0n) is 14.3. The molecule has 2 aromatic rings. The summed E-state index contributed by atoms with van der Waals surface area (Å²) in [5.41, 5.74) is 1.55. The number of nitrogens with one attached hydrogen (secondary N) is 1. The topological polar surface area (TPSA) is 81.9 Å². The summed E-state index contributed by atoms with van der Waals surface area (Å²) in [6.07, 6.45) is 4.78. The second-order valence-corrected chi connectivity index (χ2v) is 6.20. The summed E-state index contributed by atoms with van der Waals surface area (Å²) in [7, 11) is 0. The maximum Gasteiger partial charge on any atom is 0.274 e. The lowest BCUT2D eigenvalue weighted by atomic mass is 10.2. The number of benzene rings is 1. The second-order valence-electron chi connectivity index (χ2n) is 6.20. The van der Waals surface area contributed by atoms with Gasteiger partial charge in [0, 0.05) is 24.8 Å². The van der Waals surface area contributed by atoms with Crippen molar-refractivity contribution < 1.29 is 4.79 Å². The molecule has 0 spiro atoms. The van der Waals surface area contributed by atoms with E-state index in [2.05, 4.69) is 26.3 Å². The third-order valence-corrected chi connectivity index (χ3v) is 4.26. The molecule has 0 saturated carbocycles. The zero-order chi connectivity index (χ0) is 17.6. The number of amides is 1. The van der Waals surface area contributed by atoms with Gasteiger partial charge in [0.1, 0.15) is 17.3 Å². The highest BCUT2D eigenvalue weighted by atomic mass is 16.1. The van der Waals surface area contributed by atoms with Crippen molar-refractivity contribution in [3.8, 4) is 6.07 Å². The van der Waals surface area contributed by atoms with Crippen LogP contribution in [0, 0.1) is 18.3 Å². The van der Waals surface area contributed by atoms with Gasteiger partial charge in [0.25, 0.3) is 5.91 Å². The highest BCUT2D eigenvalue weighted by molar-refractivity contribution is 6.03. The van der Waals surface area contributed by atoms with Gasteiger partial charge >= 0.3 is 0 Å². The first-order chi connectivity index (χ1) is 12.2. The van der Waals surface area contributed by atoms with Crippen LogP contribution in [0.3, 0.4) is 0 Å². The molecule has 1 N–H and O–H groups in total. The smallest absolute Gasteiger partial charge is 0.274 e. The summed E-state index contributed by atoms with van der Waals surface area (Å²) >= 11 is 0. The first kappa shape index (κ1) is 16.9. The molecule has 1 fully saturated rings. The predicted octanol–water partition coefficient (Wildman–Crippen LogP) is 3.29. The highest BCUT2D eigenvalue weighted by Gasteiger charge is 2.16. The van der Waals surface area contributed by atoms with E-state index in [1.165, 1.54) is 12.8 Å². The van der Waals surface area contributed by atoms with Crippen LogP contribution in [-0.2, 0) is 0 Å². The van der Waals surface area contributed by atoms with Crippen LogP contribution in [0.1, 0.15) is 47.6 Å². The molecule has 1 saturated heterocycles. The Kier molecular flexibility index (Phi) is 5.24. The lowest BCUT2D eigenvalue weighted by Gasteiger charge is -2.22. The molecule has 1 aliphatic heterocycles. The third-order valence-electron chi connectivity index (χ3n) is 4.26. The van der Waals surface area contributed by atoms with Crippen LogP contribution in [0.2, 0.25) is 0 Å². The van der Waals surface area contributed by atoms with Crippen molar-refractivity contribution in [3.05, 3.63) is 47.4 Å². The van der Waals surface area contributed by atoms with Gasteiger partial charge in [-0.3, -0.25) is 4.79 Å². The van der Waals surface area contributed by atoms with E-state index in [9.17, 15) is 4.79 Å². The van der Waals surface area contributed by atoms with E-state index in [4.69, 9.17) is 5.26 Å². The van der Waals surface area contributed by atoms with Gasteiger partial charge in [0.2, 0.25) is 0 Å². The fraction of sp³-hybridized carbons (Fsp3) is 0.368. The normalized spacial score (nSPS) is 14.5. The molecule has 0 aliphatic carbocycles. The van der Waals surface area contributed by atoms with Gasteiger partial charge in [-0.1, -0.05) is 12.8 Å². The first-order valence-corrected chi connectivity index (χ1v) is 8.58. The van der Waals surface area contributed by atoms with E-state index in [0.29, 0.717) is 22.8 Å². The number of nitrogens with zero attached hydrogens (tertiary/aromatic N) is 4. The maximum atomic E-state index is 12.5. The summed E-state index contributed by atoms with van der Waals surface area (Å²) in [6, 6.07) is 10.6. The zero-order valence-corrected chi connectivity index (χ0v) is 14.3. The summed E-state index contributed by atoms with van der Waals surface area (Å²) in [5, 5.41) is 11.7. The van der Waals surface area contributed by atoms with Crippen molar-refractivity contribution in [2.24, 2.45) is 0 Å². The Morgan fingerprint density at radius 1 is 1.12 bits per heavy atom. The molecule has 6 nitrogen and oxygen atoms in total. The number of aryl methyl sites for hydroxylation is 1. The van der Waals surface area contributed by atoms with E-state index in [1.54, 1.807) is 37.3 Å². The average molecular weight is 335 g/mol. The summed E-state index contributed by atoms with van der Waals surface area (Å²) < 4.78 is 0. The molecule has 1 aliphatic rings. The maximum absolute atomic E-state index is 12.5. The van der Waals surface area contributed by atoms with Gasteiger partial charge < -0.3 is 10.2 Å². The fourth-order valence-electron chi connectivity index (χ4n) is 2.95. The number of anilines is 2. The van der Waals surface area contributed by atoms with Crippen LogP contribution < -0.4 is 10.2 Å². The quantitative estimate of drug-likeness (QED) is 0.931. The SMILES string of the molecule is Cc1nc(C(=O)Nc2ccc(C#N)cc2)cc(N2CCCCCC2)n1. The number of hydrogen-bond donors (Lipinski definition) is 1. The molecule has 0 atom stereocenters. The van der Waals surface area contributed by atoms with E-state index in [1.807, 2.05) is 0 Å². The lowest BCUT2D eigenvalue weighted by molar-refractivity contribution is 0.102. The summed E-state index contributed by atoms with van der Waals surface area (Å²) in [4.78, 5) is 23.6. The highest BCUT2D eigenvalue weighted by Crippen LogP contribution is 2.19. The summed E-state index contributed by atoms with van der Waals surface area (Å²) in [6.45, 7) is 3.74. The fourth-order valence-corrected chi connectivity index (χ4v) is 2.95. The minimum absolute atomic E-state index is 0.272. The minimum Gasteiger partial charge on any atom is -0.356 e. The molecule has 3 rings (SSSR count). The van der Waals surface area contributed by atoms with Crippen LogP contribution in [0.4, 0.5) is 11.5 Å². The first-order valence-electron chi connectivity index (χ1n) is 8.58. The molecule has 25 heavy (non-hydrogen) atoms. The third kappa shape index (κ3) is 4.32. The summed E-state index contributed by atoms with van der Waals surface area (Å²) in [5.74, 6) is 1.14. The van der Waals surface area contributed by atoms with Gasteiger partial charge in [-0.05, 0) is 44.0 Å². The Morgan fingerprint density at radius 3 is 2.44 bits per heavy atom. The van der Waals surface area contributed by atoms with Crippen molar-refractivity contribution in [1.82, 2.24) is 9.97 Å². The molecule has 0 unspecified atom stereocenters. The molecule has 6 heteroatoms. The Morgan fingerprint density at radius 2 is 1.80 bits per heavy atom. The second kappa shape index (κ2) is 7.75. The Bertz CT molecular complexity index is 786. The largest absolute Gasteiger partial charge is 0.356 e. The Labute approximate surface area is 147 Å². The van der Waals surface area contributed by atoms with Crippen LogP contribution >= 0.6 is 0 Å². The van der Waals surface area contributed by atoms with Crippen LogP contribution in [0.15, 0.2) is 30.3 Å². The Balaban J connectivity index is 1.78. The van der Waals surface area contributed by atoms with Crippen molar-refractivity contribution in [3.63, 3.8) is 0 Å². The van der Waals surface area contributed by atoms with E-state index >= 15 is 0 Å². The number of hydrogen-bond acceptors (Lipinski definition) is 5. The number of aromatic nitrogens is 2. The van der Waals surface area contributed by atoms with Gasteiger partial charge in [0.05, 0.1) is 11.6 Å². The molecule has 0 bridgehead atoms. The average Bonchev–Trinajstić information content (AvgIpc) is 2.91. The number of rotatable bonds is 3. The van der Waals surface area contributed by atoms with Gasteiger partial charge in [-0.25, -0.2) is 9.97 Å². The van der Waals surface area contributed by atoms with E-state index < -0.39 is 0 Å². The monoisotopic (exact) mass is 335 g/mol. The van der Waals surface area contributed by atoms with Crippen LogP contribution in [-0.4, -0.2) is 29.0 Å². The van der Waals surface area contributed by atoms with Gasteiger partial charge in [0.15, 0.2) is 0 Å². The van der Waals surface area contributed by atoms with Crippen molar-refractivity contribution in [1.29, 1.82) is 5.26 Å². The lowest BCUT2D eigenvalue weighted by Crippen LogP contribution is -2.26. The van der Waals surface area contributed by atoms with Crippen LogP contribution in [0.5, 0.6) is 0 Å². The van der Waals surface area contributed by atoms with Gasteiger partial charge in [-0.15, -0.1) is 0 Å². The van der Waals surface area contributed by atoms with Gasteiger partial charge in [-0.2, -0.15) is 5.26 Å². The van der Waals surface area contributed by atoms with Crippen molar-refractivity contribution in [2.75, 3.05) is 23.3 Å². The molecular weight excluding hydrogens is 314 g/mol. The molecule has 0 radical (unpaired) electrons. The van der Waals surface area contributed by atoms with Crippen molar-refractivity contribution >= 4 is 17.4 Å². The molecule has 1 aromatic carbocycles. The standard InChI is InChI=1S/C19H21N5O/c1-14-21-17(12-18(22-14)24-10-4-2-3-5-11-24)19(25)23-16-8-6-15(13-20)7-9-16/h6-9,12H,2-5,10-11H2,1H3,(H,23,25). The van der Waals surface area contributed by atoms with E-state index in [0.717, 1.165) is 31.7 Å². The van der Waals surface area contributed by atoms with E-state index in [-0.39, 0.29) is 5.91 Å². The minimum atomic E-state index is -0.272. The predicted molar refractivity (Wildman–Crippen MR) is 96.6 cm³/mol. The molecular formula is C19H21N5O. The number of carbonyl (C=O) groups excluding carboxylic acids is 1. The molecule has 1 aromatic heterocycles. The molecule has 2 heterocycles. The number of carbonyl (C=O) groups is 1.